The molecule has 0 radical (unpaired) electrons. The summed E-state index contributed by atoms with van der Waals surface area (Å²) >= 11 is 0. The molecular formula is C33H43N3O10S. The number of aliphatic hydroxyl groups excluding tert-OH is 1. The van der Waals surface area contributed by atoms with E-state index in [0.717, 1.165) is 5.56 Å². The van der Waals surface area contributed by atoms with Crippen molar-refractivity contribution in [2.24, 2.45) is 11.8 Å². The quantitative estimate of drug-likeness (QED) is 0.229. The first-order valence-electron chi connectivity index (χ1n) is 15.9. The van der Waals surface area contributed by atoms with Crippen LogP contribution in [-0.2, 0) is 41.9 Å². The number of hydrogen-bond donors (Lipinski definition) is 3. The van der Waals surface area contributed by atoms with E-state index in [1.165, 1.54) is 22.7 Å². The molecule has 14 heteroatoms. The van der Waals surface area contributed by atoms with Crippen LogP contribution < -0.4 is 10.6 Å². The maximum absolute atomic E-state index is 14.1. The summed E-state index contributed by atoms with van der Waals surface area (Å²) in [6, 6.07) is 12.9. The molecule has 2 aliphatic heterocycles. The van der Waals surface area contributed by atoms with Gasteiger partial charge in [-0.3, -0.25) is 0 Å². The minimum absolute atomic E-state index is 0.00168. The zero-order valence-electron chi connectivity index (χ0n) is 26.8. The van der Waals surface area contributed by atoms with Crippen LogP contribution in [0.2, 0.25) is 0 Å². The fourth-order valence-electron chi connectivity index (χ4n) is 5.89. The number of hydrogen-bond acceptors (Lipinski definition) is 10. The second-order valence-corrected chi connectivity index (χ2v) is 14.1. The van der Waals surface area contributed by atoms with Gasteiger partial charge in [-0.1, -0.05) is 44.2 Å². The van der Waals surface area contributed by atoms with E-state index in [9.17, 15) is 23.1 Å². The number of fused-ring (bicyclic) bond motifs is 2. The van der Waals surface area contributed by atoms with Crippen molar-refractivity contribution in [3.8, 4) is 0 Å². The molecule has 256 valence electrons. The molecule has 2 fully saturated rings. The van der Waals surface area contributed by atoms with E-state index in [4.69, 9.17) is 23.4 Å². The van der Waals surface area contributed by atoms with Crippen molar-refractivity contribution in [1.82, 2.24) is 14.9 Å². The lowest BCUT2D eigenvalue weighted by molar-refractivity contribution is -0.0907. The molecule has 3 aromatic rings. The van der Waals surface area contributed by atoms with Gasteiger partial charge in [0.2, 0.25) is 10.0 Å². The lowest BCUT2D eigenvalue weighted by Crippen LogP contribution is -2.51. The Labute approximate surface area is 274 Å². The highest BCUT2D eigenvalue weighted by Gasteiger charge is 2.44. The first-order chi connectivity index (χ1) is 22.5. The molecule has 0 saturated carbocycles. The average molecular weight is 674 g/mol. The molecular weight excluding hydrogens is 630 g/mol. The third-order valence-corrected chi connectivity index (χ3v) is 10.1. The van der Waals surface area contributed by atoms with E-state index in [1.54, 1.807) is 13.0 Å². The van der Waals surface area contributed by atoms with Gasteiger partial charge in [0, 0.05) is 30.6 Å². The van der Waals surface area contributed by atoms with Gasteiger partial charge < -0.3 is 39.1 Å². The number of benzene rings is 2. The highest BCUT2D eigenvalue weighted by molar-refractivity contribution is 7.89. The van der Waals surface area contributed by atoms with Crippen LogP contribution in [-0.4, -0.2) is 87.5 Å². The van der Waals surface area contributed by atoms with Gasteiger partial charge in [0.25, 0.3) is 0 Å². The van der Waals surface area contributed by atoms with E-state index in [2.05, 4.69) is 10.6 Å². The van der Waals surface area contributed by atoms with Crippen molar-refractivity contribution in [3.05, 3.63) is 65.9 Å². The monoisotopic (exact) mass is 673 g/mol. The Kier molecular flexibility index (Phi) is 11.4. The van der Waals surface area contributed by atoms with Crippen LogP contribution in [0.25, 0.3) is 11.0 Å². The Hall–Kier alpha value is -3.69. The van der Waals surface area contributed by atoms with Crippen LogP contribution in [0, 0.1) is 11.8 Å². The Morgan fingerprint density at radius 1 is 1.09 bits per heavy atom. The number of ether oxygens (including phenoxy) is 4. The molecule has 1 aromatic heterocycles. The number of aliphatic hydroxyl groups is 1. The zero-order chi connectivity index (χ0) is 33.6. The average Bonchev–Trinajstić information content (AvgIpc) is 3.77. The molecule has 13 nitrogen and oxygen atoms in total. The van der Waals surface area contributed by atoms with Crippen molar-refractivity contribution in [3.63, 3.8) is 0 Å². The number of nitrogens with one attached hydrogen (secondary N) is 2. The molecule has 2 aromatic carbocycles. The summed E-state index contributed by atoms with van der Waals surface area (Å²) in [5.41, 5.74) is 1.88. The third-order valence-electron chi connectivity index (χ3n) is 8.23. The summed E-state index contributed by atoms with van der Waals surface area (Å²) in [6.45, 7) is 6.33. The standard InChI is InChI=1S/C33H43N3O10S/c1-4-42-32(38)34-16-23-19-44-29-11-10-24(15-26(23)29)47(40,41)36(17-21(2)3)18-28(37)27(14-22-8-6-5-7-9-22)35-33(39)46-30-20-45-31-25(30)12-13-43-31/h5-11,15,19,21,25,27-28,30-31,37H,4,12-14,16-18,20H2,1-3H3,(H,34,38)(H,35,39)/t25-,27-,28+,30?,31+/m0/s1. The molecule has 3 heterocycles. The van der Waals surface area contributed by atoms with Gasteiger partial charge in [0.05, 0.1) is 49.0 Å². The van der Waals surface area contributed by atoms with Crippen molar-refractivity contribution in [2.45, 2.75) is 69.6 Å². The number of carbonyl (C=O) groups is 2. The van der Waals surface area contributed by atoms with Crippen LogP contribution in [0.1, 0.15) is 38.3 Å². The van der Waals surface area contributed by atoms with E-state index in [0.29, 0.717) is 29.6 Å². The molecule has 2 amide bonds. The topological polar surface area (TPSA) is 166 Å². The summed E-state index contributed by atoms with van der Waals surface area (Å²) in [6.07, 6.45) is -1.07. The van der Waals surface area contributed by atoms with Crippen LogP contribution in [0.4, 0.5) is 9.59 Å². The van der Waals surface area contributed by atoms with E-state index in [-0.39, 0.29) is 62.3 Å². The Balaban J connectivity index is 1.35. The number of furan rings is 1. The van der Waals surface area contributed by atoms with Gasteiger partial charge in [-0.15, -0.1) is 0 Å². The summed E-state index contributed by atoms with van der Waals surface area (Å²) in [5.74, 6) is -0.132. The predicted molar refractivity (Wildman–Crippen MR) is 171 cm³/mol. The van der Waals surface area contributed by atoms with Crippen LogP contribution in [0.15, 0.2) is 64.1 Å². The maximum atomic E-state index is 14.1. The molecule has 1 unspecified atom stereocenters. The molecule has 47 heavy (non-hydrogen) atoms. The van der Waals surface area contributed by atoms with Gasteiger partial charge >= 0.3 is 12.2 Å². The highest BCUT2D eigenvalue weighted by Crippen LogP contribution is 2.33. The minimum atomic E-state index is -4.14. The predicted octanol–water partition coefficient (Wildman–Crippen LogP) is 3.79. The number of amides is 2. The van der Waals surface area contributed by atoms with Crippen molar-refractivity contribution >= 4 is 33.2 Å². The number of nitrogens with zero attached hydrogens (tertiary/aromatic N) is 1. The molecule has 0 aliphatic carbocycles. The number of carbonyl (C=O) groups excluding carboxylic acids is 2. The van der Waals surface area contributed by atoms with E-state index < -0.39 is 40.5 Å². The second-order valence-electron chi connectivity index (χ2n) is 12.2. The number of alkyl carbamates (subject to hydrolysis) is 2. The van der Waals surface area contributed by atoms with Crippen molar-refractivity contribution in [2.75, 3.05) is 32.9 Å². The van der Waals surface area contributed by atoms with Gasteiger partial charge in [-0.25, -0.2) is 18.0 Å². The zero-order valence-corrected chi connectivity index (χ0v) is 27.6. The first kappa shape index (κ1) is 34.6. The molecule has 5 atom stereocenters. The third kappa shape index (κ3) is 8.62. The van der Waals surface area contributed by atoms with E-state index in [1.807, 2.05) is 44.2 Å². The number of rotatable bonds is 14. The maximum Gasteiger partial charge on any atom is 0.407 e. The summed E-state index contributed by atoms with van der Waals surface area (Å²) < 4.78 is 56.8. The number of sulfonamides is 1. The van der Waals surface area contributed by atoms with Crippen molar-refractivity contribution in [1.29, 1.82) is 0 Å². The fraction of sp³-hybridized carbons (Fsp3) is 0.515. The Bertz CT molecular complexity index is 1610. The summed E-state index contributed by atoms with van der Waals surface area (Å²) in [5, 5.41) is 17.5. The largest absolute Gasteiger partial charge is 0.464 e. The van der Waals surface area contributed by atoms with Gasteiger partial charge in [-0.2, -0.15) is 4.31 Å². The molecule has 0 bridgehead atoms. The van der Waals surface area contributed by atoms with Crippen LogP contribution in [0.5, 0.6) is 0 Å². The van der Waals surface area contributed by atoms with Gasteiger partial charge in [-0.05, 0) is 49.4 Å². The normalized spacial score (nSPS) is 20.7. The molecule has 2 aliphatic rings. The second kappa shape index (κ2) is 15.5. The van der Waals surface area contributed by atoms with E-state index >= 15 is 0 Å². The van der Waals surface area contributed by atoms with Gasteiger partial charge in [0.15, 0.2) is 6.29 Å². The SMILES string of the molecule is CCOC(=O)NCc1coc2ccc(S(=O)(=O)N(CC(C)C)C[C@@H](O)[C@H](Cc3ccccc3)NC(=O)OC3CO[C@H]4OCC[C@@H]34)cc12. The Morgan fingerprint density at radius 3 is 2.62 bits per heavy atom. The molecule has 5 rings (SSSR count). The lowest BCUT2D eigenvalue weighted by atomic mass is 10.0. The summed E-state index contributed by atoms with van der Waals surface area (Å²) in [7, 11) is -4.14. The fourth-order valence-corrected chi connectivity index (χ4v) is 7.54. The first-order valence-corrected chi connectivity index (χ1v) is 17.3. The van der Waals surface area contributed by atoms with Gasteiger partial charge in [0.1, 0.15) is 11.7 Å². The lowest BCUT2D eigenvalue weighted by Gasteiger charge is -2.31. The van der Waals surface area contributed by atoms with Crippen LogP contribution in [0.3, 0.4) is 0 Å². The molecule has 3 N–H and O–H groups in total. The minimum Gasteiger partial charge on any atom is -0.464 e. The molecule has 2 saturated heterocycles. The smallest absolute Gasteiger partial charge is 0.407 e. The Morgan fingerprint density at radius 2 is 1.87 bits per heavy atom. The molecule has 0 spiro atoms. The highest BCUT2D eigenvalue weighted by atomic mass is 32.2. The summed E-state index contributed by atoms with van der Waals surface area (Å²) in [4.78, 5) is 24.9. The van der Waals surface area contributed by atoms with Crippen molar-refractivity contribution < 1.29 is 46.5 Å². The van der Waals surface area contributed by atoms with Crippen LogP contribution >= 0.6 is 0 Å².